The molecule has 1 aromatic rings. The molecule has 0 radical (unpaired) electrons. The molecule has 1 heterocycles. The van der Waals surface area contributed by atoms with E-state index in [1.807, 2.05) is 5.32 Å². The first kappa shape index (κ1) is 18.9. The molecule has 1 aliphatic heterocycles. The topological polar surface area (TPSA) is 162 Å². The summed E-state index contributed by atoms with van der Waals surface area (Å²) in [5, 5.41) is 10.5. The summed E-state index contributed by atoms with van der Waals surface area (Å²) in [5.74, 6) is -1.90. The van der Waals surface area contributed by atoms with E-state index in [1.165, 1.54) is 51.6 Å². The van der Waals surface area contributed by atoms with Gasteiger partial charge in [-0.2, -0.15) is 8.42 Å². The van der Waals surface area contributed by atoms with Crippen molar-refractivity contribution in [2.75, 3.05) is 6.54 Å². The van der Waals surface area contributed by atoms with Crippen LogP contribution in [0.1, 0.15) is 10.4 Å². The minimum atomic E-state index is -4.57. The normalized spacial score (nSPS) is 19.6. The number of β-lactam (4-membered cyclic amide) rings is 1. The average Bonchev–Trinajstić information content (AvgIpc) is 2.51. The molecule has 13 heteroatoms. The molecule has 0 spiro atoms. The first-order valence-electron chi connectivity index (χ1n) is 6.50. The Morgan fingerprint density at radius 3 is 2.28 bits per heavy atom. The maximum absolute atomic E-state index is 11.8. The number of carbonyl (C=O) groups excluding carboxylic acids is 3. The number of carbonyl (C=O) groups is 4. The van der Waals surface area contributed by atoms with E-state index in [0.29, 0.717) is 4.90 Å². The van der Waals surface area contributed by atoms with Crippen LogP contribution in [0, 0.1) is 0 Å². The second kappa shape index (κ2) is 6.83. The number of imide groups is 1. The second-order valence-corrected chi connectivity index (χ2v) is 8.09. The molecule has 0 saturated carbocycles. The fraction of sp³-hybridized carbons (Fsp3) is 0.167. The number of amides is 5. The largest absolute Gasteiger partial charge is 0.465 e. The number of alkyl halides is 1. The van der Waals surface area contributed by atoms with Crippen LogP contribution in [-0.4, -0.2) is 52.5 Å². The second-order valence-electron chi connectivity index (χ2n) is 4.83. The number of nitrogens with one attached hydrogen (secondary N) is 3. The highest BCUT2D eigenvalue weighted by molar-refractivity contribution is 14.1. The van der Waals surface area contributed by atoms with E-state index >= 15 is 0 Å². The molecule has 0 aliphatic carbocycles. The lowest BCUT2D eigenvalue weighted by Gasteiger charge is -2.42. The molecule has 1 aromatic carbocycles. The van der Waals surface area contributed by atoms with Crippen LogP contribution in [-0.2, 0) is 15.0 Å². The molecule has 25 heavy (non-hydrogen) atoms. The van der Waals surface area contributed by atoms with E-state index in [2.05, 4.69) is 0 Å². The molecule has 134 valence electrons. The molecule has 0 bridgehead atoms. The predicted octanol–water partition coefficient (Wildman–Crippen LogP) is -0.388. The summed E-state index contributed by atoms with van der Waals surface area (Å²) < 4.78 is 25.2. The van der Waals surface area contributed by atoms with Gasteiger partial charge >= 0.3 is 22.3 Å². The number of rotatable bonds is 4. The third-order valence-electron chi connectivity index (χ3n) is 3.00. The highest BCUT2D eigenvalue weighted by Gasteiger charge is 2.54. The molecule has 1 unspecified atom stereocenters. The zero-order chi connectivity index (χ0) is 18.8. The standard InChI is InChI=1S/C12H11IN4O7S/c13-12(14-11(21)22)6-17(9(12)19)10(20)16-25(23,24)15-8(18)7-4-2-1-3-5-7/h1-5,14H,6H2,(H,15,18)(H,16,20)(H,21,22). The number of halogens is 1. The Balaban J connectivity index is 1.97. The van der Waals surface area contributed by atoms with Gasteiger partial charge in [-0.25, -0.2) is 19.0 Å². The van der Waals surface area contributed by atoms with E-state index in [-0.39, 0.29) is 12.1 Å². The first-order chi connectivity index (χ1) is 11.5. The van der Waals surface area contributed by atoms with Crippen molar-refractivity contribution in [3.8, 4) is 0 Å². The Labute approximate surface area is 155 Å². The maximum atomic E-state index is 11.8. The predicted molar refractivity (Wildman–Crippen MR) is 91.0 cm³/mol. The molecule has 1 aliphatic rings. The molecular formula is C12H11IN4O7S. The van der Waals surface area contributed by atoms with Crippen LogP contribution in [0.15, 0.2) is 30.3 Å². The van der Waals surface area contributed by atoms with Gasteiger partial charge in [-0.05, 0) is 34.7 Å². The zero-order valence-electron chi connectivity index (χ0n) is 12.2. The van der Waals surface area contributed by atoms with Gasteiger partial charge in [0.15, 0.2) is 3.55 Å². The number of carboxylic acid groups (broad SMARTS) is 1. The molecule has 11 nitrogen and oxygen atoms in total. The summed E-state index contributed by atoms with van der Waals surface area (Å²) in [6.07, 6.45) is -1.47. The van der Waals surface area contributed by atoms with Crippen molar-refractivity contribution >= 4 is 56.7 Å². The molecule has 0 aromatic heterocycles. The van der Waals surface area contributed by atoms with Gasteiger partial charge in [0.25, 0.3) is 11.8 Å². The summed E-state index contributed by atoms with van der Waals surface area (Å²) in [6, 6.07) is 6.10. The smallest absolute Gasteiger partial charge is 0.406 e. The Hall–Kier alpha value is -2.42. The van der Waals surface area contributed by atoms with Crippen molar-refractivity contribution in [3.05, 3.63) is 35.9 Å². The van der Waals surface area contributed by atoms with E-state index < -0.39 is 37.7 Å². The number of benzene rings is 1. The maximum Gasteiger partial charge on any atom is 0.406 e. The van der Waals surface area contributed by atoms with Gasteiger partial charge < -0.3 is 5.11 Å². The number of nitrogens with zero attached hydrogens (tertiary/aromatic N) is 1. The first-order valence-corrected chi connectivity index (χ1v) is 9.06. The van der Waals surface area contributed by atoms with Crippen LogP contribution in [0.3, 0.4) is 0 Å². The van der Waals surface area contributed by atoms with E-state index in [4.69, 9.17) is 5.11 Å². The summed E-state index contributed by atoms with van der Waals surface area (Å²) in [7, 11) is -4.57. The van der Waals surface area contributed by atoms with Crippen LogP contribution in [0.25, 0.3) is 0 Å². The van der Waals surface area contributed by atoms with Crippen molar-refractivity contribution in [3.63, 3.8) is 0 Å². The Bertz CT molecular complexity index is 844. The summed E-state index contributed by atoms with van der Waals surface area (Å²) in [6.45, 7) is -0.368. The Kier molecular flexibility index (Phi) is 5.17. The van der Waals surface area contributed by atoms with Crippen LogP contribution in [0.5, 0.6) is 0 Å². The molecule has 5 amide bonds. The van der Waals surface area contributed by atoms with Crippen LogP contribution in [0.2, 0.25) is 0 Å². The van der Waals surface area contributed by atoms with Crippen molar-refractivity contribution in [1.29, 1.82) is 0 Å². The molecule has 1 fully saturated rings. The minimum absolute atomic E-state index is 0.0530. The fourth-order valence-electron chi connectivity index (χ4n) is 1.87. The third-order valence-corrected chi connectivity index (χ3v) is 4.96. The van der Waals surface area contributed by atoms with Crippen molar-refractivity contribution in [1.82, 2.24) is 19.7 Å². The lowest BCUT2D eigenvalue weighted by molar-refractivity contribution is -0.140. The summed E-state index contributed by atoms with van der Waals surface area (Å²) in [5.41, 5.74) is 0.0530. The van der Waals surface area contributed by atoms with E-state index in [0.717, 1.165) is 0 Å². The summed E-state index contributed by atoms with van der Waals surface area (Å²) in [4.78, 5) is 46.5. The lowest BCUT2D eigenvalue weighted by atomic mass is 10.1. The van der Waals surface area contributed by atoms with Crippen LogP contribution >= 0.6 is 22.6 Å². The lowest BCUT2D eigenvalue weighted by Crippen LogP contribution is -2.73. The van der Waals surface area contributed by atoms with Crippen LogP contribution < -0.4 is 14.8 Å². The Morgan fingerprint density at radius 2 is 1.76 bits per heavy atom. The average molecular weight is 482 g/mol. The monoisotopic (exact) mass is 482 g/mol. The van der Waals surface area contributed by atoms with Crippen molar-refractivity contribution < 1.29 is 32.7 Å². The van der Waals surface area contributed by atoms with Gasteiger partial charge in [-0.1, -0.05) is 18.2 Å². The molecule has 1 atom stereocenters. The van der Waals surface area contributed by atoms with Gasteiger partial charge in [0.1, 0.15) is 0 Å². The summed E-state index contributed by atoms with van der Waals surface area (Å²) >= 11 is 1.50. The fourth-order valence-corrected chi connectivity index (χ4v) is 3.49. The molecule has 2 rings (SSSR count). The highest BCUT2D eigenvalue weighted by Crippen LogP contribution is 2.29. The van der Waals surface area contributed by atoms with Gasteiger partial charge in [0.2, 0.25) is 0 Å². The quantitative estimate of drug-likeness (QED) is 0.197. The van der Waals surface area contributed by atoms with Gasteiger partial charge in [-0.15, -0.1) is 0 Å². The number of urea groups is 1. The van der Waals surface area contributed by atoms with Gasteiger partial charge in [-0.3, -0.25) is 19.8 Å². The van der Waals surface area contributed by atoms with Crippen molar-refractivity contribution in [2.24, 2.45) is 0 Å². The molecule has 4 N–H and O–H groups in total. The minimum Gasteiger partial charge on any atom is -0.465 e. The Morgan fingerprint density at radius 1 is 1.16 bits per heavy atom. The van der Waals surface area contributed by atoms with E-state index in [9.17, 15) is 27.6 Å². The highest BCUT2D eigenvalue weighted by atomic mass is 127. The SMILES string of the molecule is O=C(O)NC1(I)CN(C(=O)NS(=O)(=O)NC(=O)c2ccccc2)C1=O. The van der Waals surface area contributed by atoms with Crippen molar-refractivity contribution in [2.45, 2.75) is 3.55 Å². The zero-order valence-corrected chi connectivity index (χ0v) is 15.2. The van der Waals surface area contributed by atoms with Gasteiger partial charge in [0, 0.05) is 5.56 Å². The van der Waals surface area contributed by atoms with Gasteiger partial charge in [0.05, 0.1) is 6.54 Å². The number of hydrogen-bond acceptors (Lipinski definition) is 6. The van der Waals surface area contributed by atoms with Crippen LogP contribution in [0.4, 0.5) is 9.59 Å². The third kappa shape index (κ3) is 4.36. The van der Waals surface area contributed by atoms with E-state index in [1.54, 1.807) is 10.8 Å². The number of hydrogen-bond donors (Lipinski definition) is 4. The molecule has 1 saturated heterocycles. The number of likely N-dealkylation sites (tertiary alicyclic amines) is 1. The molecular weight excluding hydrogens is 471 g/mol.